The SMILES string of the molecule is CCN(CC)CC[C@]1(C)C[C@@H](OC(=O)COc2ccc3c(c2F)B(O)OC3)[C@]2(C)C(C)CC[C@]3(CCC(=O)[C@H]32)[C@@H](C)[C@@H]1O. The second-order valence-corrected chi connectivity index (χ2v) is 14.2. The molecule has 4 aliphatic rings. The van der Waals surface area contributed by atoms with Gasteiger partial charge in [-0.15, -0.1) is 0 Å². The summed E-state index contributed by atoms with van der Waals surface area (Å²) < 4.78 is 32.1. The molecule has 5 rings (SSSR count). The van der Waals surface area contributed by atoms with Crippen molar-refractivity contribution in [3.63, 3.8) is 0 Å². The van der Waals surface area contributed by atoms with E-state index in [1.165, 1.54) is 6.07 Å². The number of carbonyl (C=O) groups is 2. The molecule has 2 bridgehead atoms. The predicted molar refractivity (Wildman–Crippen MR) is 161 cm³/mol. The minimum Gasteiger partial charge on any atom is -0.479 e. The minimum atomic E-state index is -1.37. The molecule has 0 amide bonds. The lowest BCUT2D eigenvalue weighted by Gasteiger charge is -2.62. The number of hydrogen-bond acceptors (Lipinski definition) is 8. The van der Waals surface area contributed by atoms with Gasteiger partial charge in [0, 0.05) is 23.2 Å². The van der Waals surface area contributed by atoms with Gasteiger partial charge < -0.3 is 29.2 Å². The van der Waals surface area contributed by atoms with Crippen LogP contribution >= 0.6 is 0 Å². The summed E-state index contributed by atoms with van der Waals surface area (Å²) >= 11 is 0. The minimum absolute atomic E-state index is 0.0255. The van der Waals surface area contributed by atoms with Gasteiger partial charge in [0.05, 0.1) is 12.7 Å². The van der Waals surface area contributed by atoms with Crippen molar-refractivity contribution in [2.24, 2.45) is 34.0 Å². The lowest BCUT2D eigenvalue weighted by Crippen LogP contribution is -2.63. The zero-order valence-electron chi connectivity index (χ0n) is 26.7. The number of aliphatic hydroxyl groups excluding tert-OH is 1. The standard InChI is InChI=1S/C33H49BFNO7/c1-7-36(8-2)16-15-31(5)17-25(43-26(38)19-41-24-10-9-22-18-42-34(40)27(22)28(24)35)32(6)20(3)11-13-33(21(4)30(31)39)14-12-23(37)29(32)33/h9-10,20-21,25,29-30,39-40H,7-8,11-19H2,1-6H3/t20?,21-,25+,29-,30-,31+,32-,33-/m0/s1. The average molecular weight is 602 g/mol. The molecule has 2 N–H and O–H groups in total. The highest BCUT2D eigenvalue weighted by molar-refractivity contribution is 6.61. The Bertz CT molecular complexity index is 1230. The van der Waals surface area contributed by atoms with Crippen LogP contribution in [0, 0.1) is 39.8 Å². The molecule has 1 unspecified atom stereocenters. The normalized spacial score (nSPS) is 37.1. The van der Waals surface area contributed by atoms with Gasteiger partial charge in [-0.3, -0.25) is 4.79 Å². The van der Waals surface area contributed by atoms with Crippen LogP contribution in [0.2, 0.25) is 0 Å². The van der Waals surface area contributed by atoms with E-state index < -0.39 is 48.5 Å². The Kier molecular flexibility index (Phi) is 9.09. The second-order valence-electron chi connectivity index (χ2n) is 14.2. The molecule has 1 aromatic rings. The van der Waals surface area contributed by atoms with Crippen molar-refractivity contribution in [1.82, 2.24) is 4.90 Å². The van der Waals surface area contributed by atoms with E-state index in [2.05, 4.69) is 46.4 Å². The maximum Gasteiger partial charge on any atom is 0.494 e. The molecule has 238 valence electrons. The Hall–Kier alpha value is -2.01. The Morgan fingerprint density at radius 3 is 2.63 bits per heavy atom. The molecule has 10 heteroatoms. The third kappa shape index (κ3) is 5.34. The maximum atomic E-state index is 15.1. The molecule has 3 saturated carbocycles. The highest BCUT2D eigenvalue weighted by Gasteiger charge is 2.68. The predicted octanol–water partition coefficient (Wildman–Crippen LogP) is 3.87. The number of ether oxygens (including phenoxy) is 2. The van der Waals surface area contributed by atoms with Crippen molar-refractivity contribution in [2.75, 3.05) is 26.2 Å². The molecule has 1 aromatic carbocycles. The number of nitrogens with zero attached hydrogens (tertiary/aromatic N) is 1. The molecule has 1 aliphatic heterocycles. The summed E-state index contributed by atoms with van der Waals surface area (Å²) in [4.78, 5) is 29.5. The summed E-state index contributed by atoms with van der Waals surface area (Å²) in [6.45, 7) is 15.0. The topological polar surface area (TPSA) is 106 Å². The molecule has 8 atom stereocenters. The maximum absolute atomic E-state index is 15.1. The number of benzene rings is 1. The first-order valence-corrected chi connectivity index (χ1v) is 16.2. The van der Waals surface area contributed by atoms with Crippen LogP contribution in [-0.2, 0) is 25.6 Å². The summed E-state index contributed by atoms with van der Waals surface area (Å²) in [5.41, 5.74) is -0.954. The first kappa shape index (κ1) is 32.4. The third-order valence-electron chi connectivity index (χ3n) is 12.3. The molecular formula is C33H49BFNO7. The van der Waals surface area contributed by atoms with E-state index in [9.17, 15) is 19.7 Å². The number of Topliss-reactive ketones (excluding diaryl/α,β-unsaturated/α-hetero) is 1. The highest BCUT2D eigenvalue weighted by Crippen LogP contribution is 2.68. The number of halogens is 1. The number of aliphatic hydroxyl groups is 1. The van der Waals surface area contributed by atoms with E-state index >= 15 is 4.39 Å². The number of ketones is 1. The summed E-state index contributed by atoms with van der Waals surface area (Å²) in [5, 5.41) is 22.1. The fourth-order valence-corrected chi connectivity index (χ4v) is 9.26. The Morgan fingerprint density at radius 1 is 1.21 bits per heavy atom. The molecule has 0 saturated heterocycles. The van der Waals surface area contributed by atoms with E-state index in [0.29, 0.717) is 18.4 Å². The quantitative estimate of drug-likeness (QED) is 0.325. The zero-order valence-corrected chi connectivity index (χ0v) is 26.7. The Balaban J connectivity index is 1.45. The van der Waals surface area contributed by atoms with Crippen molar-refractivity contribution in [1.29, 1.82) is 0 Å². The molecule has 3 fully saturated rings. The molecule has 43 heavy (non-hydrogen) atoms. The van der Waals surface area contributed by atoms with Gasteiger partial charge in [-0.2, -0.15) is 0 Å². The van der Waals surface area contributed by atoms with Gasteiger partial charge in [-0.1, -0.05) is 47.6 Å². The lowest BCUT2D eigenvalue weighted by atomic mass is 9.43. The summed E-state index contributed by atoms with van der Waals surface area (Å²) in [7, 11) is -1.37. The smallest absolute Gasteiger partial charge is 0.479 e. The van der Waals surface area contributed by atoms with Crippen molar-refractivity contribution in [2.45, 2.75) is 98.9 Å². The Labute approximate surface area is 255 Å². The number of hydrogen-bond donors (Lipinski definition) is 2. The Morgan fingerprint density at radius 2 is 1.93 bits per heavy atom. The first-order valence-electron chi connectivity index (χ1n) is 16.2. The van der Waals surface area contributed by atoms with Gasteiger partial charge in [0.1, 0.15) is 11.9 Å². The molecule has 0 radical (unpaired) electrons. The van der Waals surface area contributed by atoms with Crippen LogP contribution in [0.3, 0.4) is 0 Å². The van der Waals surface area contributed by atoms with E-state index in [1.54, 1.807) is 6.07 Å². The molecular weight excluding hydrogens is 552 g/mol. The number of carbonyl (C=O) groups excluding carboxylic acids is 2. The fraction of sp³-hybridized carbons (Fsp3) is 0.758. The van der Waals surface area contributed by atoms with Crippen molar-refractivity contribution >= 4 is 24.3 Å². The number of esters is 1. The average Bonchev–Trinajstić information content (AvgIpc) is 3.54. The second kappa shape index (κ2) is 12.1. The van der Waals surface area contributed by atoms with E-state index in [0.717, 1.165) is 45.3 Å². The van der Waals surface area contributed by atoms with Crippen molar-refractivity contribution in [3.05, 3.63) is 23.5 Å². The molecule has 3 aliphatic carbocycles. The first-order chi connectivity index (χ1) is 20.3. The number of fused-ring (bicyclic) bond motifs is 1. The summed E-state index contributed by atoms with van der Waals surface area (Å²) in [5.74, 6) is -1.61. The largest absolute Gasteiger partial charge is 0.494 e. The van der Waals surface area contributed by atoms with Gasteiger partial charge >= 0.3 is 13.1 Å². The molecule has 1 heterocycles. The summed E-state index contributed by atoms with van der Waals surface area (Å²) in [6.07, 6.45) is 2.86. The van der Waals surface area contributed by atoms with Crippen molar-refractivity contribution < 1.29 is 38.2 Å². The van der Waals surface area contributed by atoms with Gasteiger partial charge in [-0.25, -0.2) is 9.18 Å². The van der Waals surface area contributed by atoms with Gasteiger partial charge in [0.2, 0.25) is 0 Å². The summed E-state index contributed by atoms with van der Waals surface area (Å²) in [6, 6.07) is 3.04. The number of rotatable bonds is 9. The molecule has 0 spiro atoms. The highest BCUT2D eigenvalue weighted by atomic mass is 19.1. The van der Waals surface area contributed by atoms with Gasteiger partial charge in [0.15, 0.2) is 18.2 Å². The zero-order chi connectivity index (χ0) is 31.3. The van der Waals surface area contributed by atoms with E-state index in [-0.39, 0.29) is 46.8 Å². The third-order valence-corrected chi connectivity index (χ3v) is 12.3. The van der Waals surface area contributed by atoms with Crippen LogP contribution < -0.4 is 10.2 Å². The monoisotopic (exact) mass is 601 g/mol. The fourth-order valence-electron chi connectivity index (χ4n) is 9.26. The van der Waals surface area contributed by atoms with Crippen molar-refractivity contribution in [3.8, 4) is 5.75 Å². The van der Waals surface area contributed by atoms with Crippen LogP contribution in [-0.4, -0.2) is 72.4 Å². The van der Waals surface area contributed by atoms with Crippen LogP contribution in [0.4, 0.5) is 4.39 Å². The van der Waals surface area contributed by atoms with Crippen LogP contribution in [0.25, 0.3) is 0 Å². The van der Waals surface area contributed by atoms with Crippen LogP contribution in [0.5, 0.6) is 5.75 Å². The van der Waals surface area contributed by atoms with E-state index in [1.807, 2.05) is 0 Å². The van der Waals surface area contributed by atoms with Gasteiger partial charge in [-0.05, 0) is 86.0 Å². The van der Waals surface area contributed by atoms with Gasteiger partial charge in [0.25, 0.3) is 0 Å². The lowest BCUT2D eigenvalue weighted by molar-refractivity contribution is -0.213. The van der Waals surface area contributed by atoms with Crippen LogP contribution in [0.15, 0.2) is 12.1 Å². The van der Waals surface area contributed by atoms with E-state index in [4.69, 9.17) is 14.1 Å². The molecule has 0 aromatic heterocycles. The van der Waals surface area contributed by atoms with Crippen LogP contribution in [0.1, 0.15) is 85.6 Å². The molecule has 8 nitrogen and oxygen atoms in total.